The van der Waals surface area contributed by atoms with Crippen molar-refractivity contribution in [2.75, 3.05) is 27.3 Å². The first kappa shape index (κ1) is 8.53. The van der Waals surface area contributed by atoms with Gasteiger partial charge < -0.3 is 9.64 Å². The van der Waals surface area contributed by atoms with E-state index in [1.807, 2.05) is 19.0 Å². The Kier molecular flexibility index (Phi) is 2.88. The van der Waals surface area contributed by atoms with Crippen LogP contribution in [0.2, 0.25) is 0 Å². The van der Waals surface area contributed by atoms with Gasteiger partial charge in [-0.15, -0.1) is 0 Å². The molecule has 3 heteroatoms. The molecule has 11 heavy (non-hydrogen) atoms. The van der Waals surface area contributed by atoms with Crippen molar-refractivity contribution in [3.05, 3.63) is 0 Å². The monoisotopic (exact) mass is 156 g/mol. The second kappa shape index (κ2) is 3.72. The summed E-state index contributed by atoms with van der Waals surface area (Å²) in [6, 6.07) is 0. The SMILES string of the molecule is CN(C)C(=N)C1CCOCC1. The third-order valence-corrected chi connectivity index (χ3v) is 2.09. The summed E-state index contributed by atoms with van der Waals surface area (Å²) in [5.74, 6) is 1.17. The fourth-order valence-electron chi connectivity index (χ4n) is 1.34. The Morgan fingerprint density at radius 1 is 1.36 bits per heavy atom. The van der Waals surface area contributed by atoms with E-state index in [9.17, 15) is 0 Å². The smallest absolute Gasteiger partial charge is 0.0986 e. The van der Waals surface area contributed by atoms with Gasteiger partial charge in [-0.25, -0.2) is 0 Å². The minimum atomic E-state index is 0.429. The summed E-state index contributed by atoms with van der Waals surface area (Å²) in [5.41, 5.74) is 0. The molecule has 0 radical (unpaired) electrons. The normalized spacial score (nSPS) is 19.8. The highest BCUT2D eigenvalue weighted by Crippen LogP contribution is 2.16. The van der Waals surface area contributed by atoms with Gasteiger partial charge in [0.05, 0.1) is 5.84 Å². The predicted molar refractivity (Wildman–Crippen MR) is 45.0 cm³/mol. The van der Waals surface area contributed by atoms with Crippen LogP contribution in [0.3, 0.4) is 0 Å². The van der Waals surface area contributed by atoms with Gasteiger partial charge >= 0.3 is 0 Å². The summed E-state index contributed by atoms with van der Waals surface area (Å²) in [7, 11) is 3.86. The highest BCUT2D eigenvalue weighted by molar-refractivity contribution is 5.81. The Labute approximate surface area is 67.8 Å². The Morgan fingerprint density at radius 2 is 1.91 bits per heavy atom. The molecule has 0 atom stereocenters. The van der Waals surface area contributed by atoms with Gasteiger partial charge in [0.25, 0.3) is 0 Å². The van der Waals surface area contributed by atoms with Crippen LogP contribution in [0, 0.1) is 11.3 Å². The van der Waals surface area contributed by atoms with Crippen LogP contribution in [-0.2, 0) is 4.74 Å². The van der Waals surface area contributed by atoms with Gasteiger partial charge in [0, 0.05) is 33.2 Å². The van der Waals surface area contributed by atoms with Crippen molar-refractivity contribution in [3.63, 3.8) is 0 Å². The maximum absolute atomic E-state index is 7.71. The average molecular weight is 156 g/mol. The average Bonchev–Trinajstić information content (AvgIpc) is 2.05. The van der Waals surface area contributed by atoms with Crippen LogP contribution in [0.1, 0.15) is 12.8 Å². The first-order chi connectivity index (χ1) is 5.22. The molecular formula is C8H16N2O. The minimum absolute atomic E-state index is 0.429. The third kappa shape index (κ3) is 2.19. The highest BCUT2D eigenvalue weighted by atomic mass is 16.5. The van der Waals surface area contributed by atoms with E-state index < -0.39 is 0 Å². The molecule has 0 bridgehead atoms. The lowest BCUT2D eigenvalue weighted by Gasteiger charge is -2.26. The van der Waals surface area contributed by atoms with Crippen LogP contribution >= 0.6 is 0 Å². The van der Waals surface area contributed by atoms with Crippen molar-refractivity contribution in [2.45, 2.75) is 12.8 Å². The molecule has 1 rings (SSSR count). The number of nitrogens with one attached hydrogen (secondary N) is 1. The predicted octanol–water partition coefficient (Wildman–Crippen LogP) is 0.952. The van der Waals surface area contributed by atoms with Gasteiger partial charge in [-0.1, -0.05) is 0 Å². The van der Waals surface area contributed by atoms with Crippen LogP contribution in [0.4, 0.5) is 0 Å². The molecule has 1 aliphatic heterocycles. The number of rotatable bonds is 1. The molecular weight excluding hydrogens is 140 g/mol. The summed E-state index contributed by atoms with van der Waals surface area (Å²) in [6.45, 7) is 1.64. The van der Waals surface area contributed by atoms with Crippen molar-refractivity contribution in [2.24, 2.45) is 5.92 Å². The van der Waals surface area contributed by atoms with Crippen molar-refractivity contribution in [3.8, 4) is 0 Å². The molecule has 1 saturated heterocycles. The molecule has 0 saturated carbocycles. The van der Waals surface area contributed by atoms with E-state index in [2.05, 4.69) is 0 Å². The molecule has 0 aromatic carbocycles. The molecule has 0 unspecified atom stereocenters. The van der Waals surface area contributed by atoms with E-state index in [0.717, 1.165) is 31.9 Å². The number of nitrogens with zero attached hydrogens (tertiary/aromatic N) is 1. The molecule has 64 valence electrons. The fraction of sp³-hybridized carbons (Fsp3) is 0.875. The third-order valence-electron chi connectivity index (χ3n) is 2.09. The standard InChI is InChI=1S/C8H16N2O/c1-10(2)8(9)7-3-5-11-6-4-7/h7,9H,3-6H2,1-2H3. The lowest BCUT2D eigenvalue weighted by Crippen LogP contribution is -2.32. The Hall–Kier alpha value is -0.570. The number of hydrogen-bond acceptors (Lipinski definition) is 2. The number of amidine groups is 1. The molecule has 0 amide bonds. The lowest BCUT2D eigenvalue weighted by atomic mass is 9.98. The summed E-state index contributed by atoms with van der Waals surface area (Å²) in [4.78, 5) is 1.88. The Bertz CT molecular complexity index is 139. The van der Waals surface area contributed by atoms with E-state index in [1.54, 1.807) is 0 Å². The molecule has 0 aromatic rings. The zero-order valence-electron chi connectivity index (χ0n) is 7.26. The second-order valence-electron chi connectivity index (χ2n) is 3.17. The van der Waals surface area contributed by atoms with E-state index in [4.69, 9.17) is 10.1 Å². The van der Waals surface area contributed by atoms with Gasteiger partial charge in [0.2, 0.25) is 0 Å². The quantitative estimate of drug-likeness (QED) is 0.453. The molecule has 1 aliphatic rings. The molecule has 1 fully saturated rings. The molecule has 0 aromatic heterocycles. The Morgan fingerprint density at radius 3 is 2.36 bits per heavy atom. The first-order valence-corrected chi connectivity index (χ1v) is 4.05. The van der Waals surface area contributed by atoms with E-state index in [1.165, 1.54) is 0 Å². The summed E-state index contributed by atoms with van der Waals surface area (Å²) in [6.07, 6.45) is 2.02. The van der Waals surface area contributed by atoms with Crippen LogP contribution < -0.4 is 0 Å². The largest absolute Gasteiger partial charge is 0.381 e. The van der Waals surface area contributed by atoms with Crippen molar-refractivity contribution < 1.29 is 4.74 Å². The van der Waals surface area contributed by atoms with Crippen LogP contribution in [0.5, 0.6) is 0 Å². The lowest BCUT2D eigenvalue weighted by molar-refractivity contribution is 0.0804. The topological polar surface area (TPSA) is 36.3 Å². The fourth-order valence-corrected chi connectivity index (χ4v) is 1.34. The van der Waals surface area contributed by atoms with Crippen molar-refractivity contribution >= 4 is 5.84 Å². The van der Waals surface area contributed by atoms with E-state index in [-0.39, 0.29) is 0 Å². The van der Waals surface area contributed by atoms with Gasteiger partial charge in [0.1, 0.15) is 0 Å². The zero-order chi connectivity index (χ0) is 8.27. The van der Waals surface area contributed by atoms with Gasteiger partial charge in [-0.3, -0.25) is 5.41 Å². The number of ether oxygens (including phenoxy) is 1. The van der Waals surface area contributed by atoms with E-state index in [0.29, 0.717) is 5.92 Å². The minimum Gasteiger partial charge on any atom is -0.381 e. The molecule has 3 nitrogen and oxygen atoms in total. The van der Waals surface area contributed by atoms with Crippen molar-refractivity contribution in [1.82, 2.24) is 4.90 Å². The number of hydrogen-bond donors (Lipinski definition) is 1. The Balaban J connectivity index is 2.39. The zero-order valence-corrected chi connectivity index (χ0v) is 7.26. The highest BCUT2D eigenvalue weighted by Gasteiger charge is 2.19. The van der Waals surface area contributed by atoms with Gasteiger partial charge in [-0.2, -0.15) is 0 Å². The van der Waals surface area contributed by atoms with Gasteiger partial charge in [-0.05, 0) is 12.8 Å². The van der Waals surface area contributed by atoms with Crippen molar-refractivity contribution in [1.29, 1.82) is 5.41 Å². The van der Waals surface area contributed by atoms with Crippen LogP contribution in [-0.4, -0.2) is 38.0 Å². The second-order valence-corrected chi connectivity index (χ2v) is 3.17. The van der Waals surface area contributed by atoms with Crippen LogP contribution in [0.25, 0.3) is 0 Å². The summed E-state index contributed by atoms with van der Waals surface area (Å²) < 4.78 is 5.21. The first-order valence-electron chi connectivity index (χ1n) is 4.05. The summed E-state index contributed by atoms with van der Waals surface area (Å²) >= 11 is 0. The van der Waals surface area contributed by atoms with Gasteiger partial charge in [0.15, 0.2) is 0 Å². The molecule has 1 N–H and O–H groups in total. The molecule has 0 aliphatic carbocycles. The van der Waals surface area contributed by atoms with Crippen LogP contribution in [0.15, 0.2) is 0 Å². The summed E-state index contributed by atoms with van der Waals surface area (Å²) in [5, 5.41) is 7.71. The maximum Gasteiger partial charge on any atom is 0.0986 e. The molecule has 0 spiro atoms. The van der Waals surface area contributed by atoms with E-state index >= 15 is 0 Å². The maximum atomic E-state index is 7.71. The molecule has 1 heterocycles.